The van der Waals surface area contributed by atoms with Gasteiger partial charge in [0.15, 0.2) is 0 Å². The summed E-state index contributed by atoms with van der Waals surface area (Å²) in [6.07, 6.45) is 1.59. The van der Waals surface area contributed by atoms with Gasteiger partial charge in [-0.1, -0.05) is 18.2 Å². The molecule has 1 aromatic heterocycles. The predicted molar refractivity (Wildman–Crippen MR) is 85.4 cm³/mol. The number of anilines is 1. The summed E-state index contributed by atoms with van der Waals surface area (Å²) >= 11 is 0. The van der Waals surface area contributed by atoms with Crippen LogP contribution in [0, 0.1) is 13.8 Å². The summed E-state index contributed by atoms with van der Waals surface area (Å²) < 4.78 is 1.62. The molecule has 2 N–H and O–H groups in total. The molecule has 4 heteroatoms. The van der Waals surface area contributed by atoms with Crippen LogP contribution in [-0.4, -0.2) is 9.55 Å². The molecule has 4 nitrogen and oxygen atoms in total. The second kappa shape index (κ2) is 5.05. The molecule has 3 aromatic rings. The summed E-state index contributed by atoms with van der Waals surface area (Å²) in [4.78, 5) is 16.8. The van der Waals surface area contributed by atoms with Gasteiger partial charge in [0.25, 0.3) is 5.56 Å². The topological polar surface area (TPSA) is 60.9 Å². The highest BCUT2D eigenvalue weighted by molar-refractivity contribution is 5.80. The van der Waals surface area contributed by atoms with Crippen LogP contribution in [-0.2, 0) is 6.54 Å². The normalized spacial score (nSPS) is 11.0. The highest BCUT2D eigenvalue weighted by Crippen LogP contribution is 2.13. The van der Waals surface area contributed by atoms with E-state index in [-0.39, 0.29) is 5.56 Å². The third-order valence-corrected chi connectivity index (χ3v) is 3.77. The molecule has 106 valence electrons. The third-order valence-electron chi connectivity index (χ3n) is 3.77. The van der Waals surface area contributed by atoms with Gasteiger partial charge in [-0.15, -0.1) is 0 Å². The minimum atomic E-state index is -0.0643. The van der Waals surface area contributed by atoms with Crippen LogP contribution in [0.3, 0.4) is 0 Å². The number of benzene rings is 2. The Labute approximate surface area is 122 Å². The molecule has 0 atom stereocenters. The van der Waals surface area contributed by atoms with Gasteiger partial charge >= 0.3 is 0 Å². The molecule has 3 rings (SSSR count). The minimum absolute atomic E-state index is 0.0643. The lowest BCUT2D eigenvalue weighted by molar-refractivity contribution is 0.747. The van der Waals surface area contributed by atoms with Crippen molar-refractivity contribution in [2.45, 2.75) is 20.4 Å². The molecular weight excluding hydrogens is 262 g/mol. The maximum atomic E-state index is 12.5. The number of nitrogen functional groups attached to an aromatic ring is 1. The molecule has 0 unspecified atom stereocenters. The van der Waals surface area contributed by atoms with Crippen LogP contribution in [0.1, 0.15) is 16.7 Å². The van der Waals surface area contributed by atoms with Gasteiger partial charge in [0, 0.05) is 5.69 Å². The van der Waals surface area contributed by atoms with Crippen molar-refractivity contribution in [2.75, 3.05) is 5.73 Å². The second-order valence-corrected chi connectivity index (χ2v) is 5.37. The Balaban J connectivity index is 2.06. The first kappa shape index (κ1) is 13.4. The smallest absolute Gasteiger partial charge is 0.261 e. The Morgan fingerprint density at radius 2 is 1.90 bits per heavy atom. The molecule has 0 spiro atoms. The summed E-state index contributed by atoms with van der Waals surface area (Å²) in [5.74, 6) is 0. The zero-order valence-electron chi connectivity index (χ0n) is 12.1. The van der Waals surface area contributed by atoms with E-state index in [2.05, 4.69) is 31.0 Å². The van der Waals surface area contributed by atoms with Crippen molar-refractivity contribution in [1.29, 1.82) is 0 Å². The highest BCUT2D eigenvalue weighted by atomic mass is 16.1. The lowest BCUT2D eigenvalue weighted by Gasteiger charge is -2.09. The van der Waals surface area contributed by atoms with E-state index in [0.717, 1.165) is 5.56 Å². The molecule has 0 radical (unpaired) electrons. The van der Waals surface area contributed by atoms with Crippen molar-refractivity contribution in [2.24, 2.45) is 0 Å². The number of hydrogen-bond donors (Lipinski definition) is 1. The van der Waals surface area contributed by atoms with Crippen molar-refractivity contribution in [1.82, 2.24) is 9.55 Å². The summed E-state index contributed by atoms with van der Waals surface area (Å²) in [7, 11) is 0. The Kier molecular flexibility index (Phi) is 3.22. The van der Waals surface area contributed by atoms with Crippen LogP contribution >= 0.6 is 0 Å². The maximum Gasteiger partial charge on any atom is 0.261 e. The van der Waals surface area contributed by atoms with Crippen molar-refractivity contribution in [3.63, 3.8) is 0 Å². The summed E-state index contributed by atoms with van der Waals surface area (Å²) in [6, 6.07) is 11.4. The first-order chi connectivity index (χ1) is 10.0. The Hall–Kier alpha value is -2.62. The van der Waals surface area contributed by atoms with Crippen molar-refractivity contribution < 1.29 is 0 Å². The molecule has 0 amide bonds. The van der Waals surface area contributed by atoms with Crippen LogP contribution in [0.2, 0.25) is 0 Å². The molecule has 2 aromatic carbocycles. The van der Waals surface area contributed by atoms with E-state index in [4.69, 9.17) is 5.73 Å². The lowest BCUT2D eigenvalue weighted by atomic mass is 10.1. The maximum absolute atomic E-state index is 12.5. The highest BCUT2D eigenvalue weighted by Gasteiger charge is 2.05. The average molecular weight is 279 g/mol. The third kappa shape index (κ3) is 2.52. The molecule has 0 saturated carbocycles. The quantitative estimate of drug-likeness (QED) is 0.734. The van der Waals surface area contributed by atoms with E-state index in [1.54, 1.807) is 29.1 Å². The first-order valence-corrected chi connectivity index (χ1v) is 6.85. The van der Waals surface area contributed by atoms with Crippen LogP contribution in [0.5, 0.6) is 0 Å². The number of rotatable bonds is 2. The Morgan fingerprint density at radius 1 is 1.10 bits per heavy atom. The van der Waals surface area contributed by atoms with Gasteiger partial charge in [0.2, 0.25) is 0 Å². The van der Waals surface area contributed by atoms with Gasteiger partial charge in [-0.25, -0.2) is 4.98 Å². The van der Waals surface area contributed by atoms with Crippen molar-refractivity contribution in [3.8, 4) is 0 Å². The number of nitrogens with zero attached hydrogens (tertiary/aromatic N) is 2. The molecule has 0 aliphatic heterocycles. The summed E-state index contributed by atoms with van der Waals surface area (Å²) in [5, 5.41) is 0.557. The SMILES string of the molecule is Cc1ccc(Cn2cnc3ccc(N)cc3c2=O)cc1C. The Morgan fingerprint density at radius 3 is 2.67 bits per heavy atom. The molecule has 0 aliphatic rings. The number of aromatic nitrogens is 2. The van der Waals surface area contributed by atoms with Crippen LogP contribution in [0.15, 0.2) is 47.5 Å². The molecule has 0 aliphatic carbocycles. The fourth-order valence-electron chi connectivity index (χ4n) is 2.39. The van der Waals surface area contributed by atoms with Gasteiger partial charge in [-0.2, -0.15) is 0 Å². The van der Waals surface area contributed by atoms with Gasteiger partial charge in [0.05, 0.1) is 23.8 Å². The Bertz CT molecular complexity index is 881. The number of aryl methyl sites for hydroxylation is 2. The van der Waals surface area contributed by atoms with Crippen molar-refractivity contribution in [3.05, 3.63) is 69.8 Å². The molecule has 21 heavy (non-hydrogen) atoms. The fourth-order valence-corrected chi connectivity index (χ4v) is 2.39. The van der Waals surface area contributed by atoms with Gasteiger partial charge in [0.1, 0.15) is 0 Å². The predicted octanol–water partition coefficient (Wildman–Crippen LogP) is 2.64. The van der Waals surface area contributed by atoms with E-state index >= 15 is 0 Å². The molecule has 1 heterocycles. The molecule has 0 fully saturated rings. The molecule has 0 bridgehead atoms. The molecule has 0 saturated heterocycles. The van der Waals surface area contributed by atoms with E-state index < -0.39 is 0 Å². The zero-order valence-corrected chi connectivity index (χ0v) is 12.1. The lowest BCUT2D eigenvalue weighted by Crippen LogP contribution is -2.21. The van der Waals surface area contributed by atoms with Gasteiger partial charge in [-0.05, 0) is 48.7 Å². The zero-order chi connectivity index (χ0) is 15.0. The number of nitrogens with two attached hydrogens (primary N) is 1. The van der Waals surface area contributed by atoms with Crippen LogP contribution in [0.4, 0.5) is 5.69 Å². The second-order valence-electron chi connectivity index (χ2n) is 5.37. The van der Waals surface area contributed by atoms with Crippen LogP contribution < -0.4 is 11.3 Å². The molecular formula is C17H17N3O. The summed E-state index contributed by atoms with van der Waals surface area (Å²) in [6.45, 7) is 4.66. The fraction of sp³-hybridized carbons (Fsp3) is 0.176. The summed E-state index contributed by atoms with van der Waals surface area (Å²) in [5.41, 5.74) is 10.5. The van der Waals surface area contributed by atoms with Crippen molar-refractivity contribution >= 4 is 16.6 Å². The van der Waals surface area contributed by atoms with Gasteiger partial charge < -0.3 is 5.73 Å². The van der Waals surface area contributed by atoms with E-state index in [9.17, 15) is 4.79 Å². The standard InChI is InChI=1S/C17H17N3O/c1-11-3-4-13(7-12(11)2)9-20-10-19-16-6-5-14(18)8-15(16)17(20)21/h3-8,10H,9,18H2,1-2H3. The number of fused-ring (bicyclic) bond motifs is 1. The van der Waals surface area contributed by atoms with E-state index in [1.165, 1.54) is 11.1 Å². The largest absolute Gasteiger partial charge is 0.399 e. The number of hydrogen-bond acceptors (Lipinski definition) is 3. The average Bonchev–Trinajstić information content (AvgIpc) is 2.46. The van der Waals surface area contributed by atoms with E-state index in [0.29, 0.717) is 23.1 Å². The van der Waals surface area contributed by atoms with E-state index in [1.807, 2.05) is 6.07 Å². The monoisotopic (exact) mass is 279 g/mol. The van der Waals surface area contributed by atoms with Gasteiger partial charge in [-0.3, -0.25) is 9.36 Å². The van der Waals surface area contributed by atoms with Crippen LogP contribution in [0.25, 0.3) is 10.9 Å². The first-order valence-electron chi connectivity index (χ1n) is 6.85. The minimum Gasteiger partial charge on any atom is -0.399 e.